The predicted octanol–water partition coefficient (Wildman–Crippen LogP) is 4.09. The van der Waals surface area contributed by atoms with Crippen LogP contribution in [-0.2, 0) is 15.1 Å². The van der Waals surface area contributed by atoms with Crippen molar-refractivity contribution in [2.24, 2.45) is 11.8 Å². The van der Waals surface area contributed by atoms with Crippen molar-refractivity contribution in [3.05, 3.63) is 46.5 Å². The fraction of sp³-hybridized carbons (Fsp3) is 0.417. The second kappa shape index (κ2) is 8.30. The Hall–Kier alpha value is -2.77. The number of benzene rings is 2. The number of rotatable bonds is 5. The highest BCUT2D eigenvalue weighted by Crippen LogP contribution is 2.50. The summed E-state index contributed by atoms with van der Waals surface area (Å²) in [5.74, 6) is 0.172. The Balaban J connectivity index is 1.78. The van der Waals surface area contributed by atoms with Gasteiger partial charge in [0.2, 0.25) is 11.8 Å². The van der Waals surface area contributed by atoms with Gasteiger partial charge in [0.15, 0.2) is 0 Å². The minimum absolute atomic E-state index is 0.0195. The summed E-state index contributed by atoms with van der Waals surface area (Å²) < 4.78 is 10.7. The molecule has 0 bridgehead atoms. The minimum Gasteiger partial charge on any atom is -0.497 e. The van der Waals surface area contributed by atoms with E-state index in [0.29, 0.717) is 39.9 Å². The van der Waals surface area contributed by atoms with E-state index in [1.165, 1.54) is 7.11 Å². The molecule has 3 atom stereocenters. The van der Waals surface area contributed by atoms with Crippen molar-refractivity contribution < 1.29 is 19.1 Å². The van der Waals surface area contributed by atoms with Crippen molar-refractivity contribution in [3.8, 4) is 11.5 Å². The van der Waals surface area contributed by atoms with E-state index in [4.69, 9.17) is 21.1 Å². The lowest BCUT2D eigenvalue weighted by atomic mass is 9.79. The zero-order valence-corrected chi connectivity index (χ0v) is 19.6. The van der Waals surface area contributed by atoms with Crippen LogP contribution in [0.15, 0.2) is 30.3 Å². The second-order valence-electron chi connectivity index (χ2n) is 8.75. The maximum absolute atomic E-state index is 13.7. The lowest BCUT2D eigenvalue weighted by Crippen LogP contribution is -2.52. The first-order valence-electron chi connectivity index (χ1n) is 10.6. The number of carbonyl (C=O) groups excluding carboxylic acids is 2. The number of hydrogen-bond donors (Lipinski definition) is 3. The molecule has 1 spiro atoms. The zero-order valence-electron chi connectivity index (χ0n) is 18.8. The molecule has 0 unspecified atom stereocenters. The molecule has 3 N–H and O–H groups in total. The highest BCUT2D eigenvalue weighted by molar-refractivity contribution is 6.31. The van der Waals surface area contributed by atoms with Gasteiger partial charge in [-0.05, 0) is 49.1 Å². The second-order valence-corrected chi connectivity index (χ2v) is 9.18. The van der Waals surface area contributed by atoms with Crippen LogP contribution in [0, 0.1) is 18.8 Å². The van der Waals surface area contributed by atoms with Crippen molar-refractivity contribution in [2.45, 2.75) is 38.8 Å². The largest absolute Gasteiger partial charge is 0.497 e. The van der Waals surface area contributed by atoms with E-state index in [2.05, 4.69) is 29.8 Å². The maximum Gasteiger partial charge on any atom is 0.250 e. The predicted molar refractivity (Wildman–Crippen MR) is 125 cm³/mol. The van der Waals surface area contributed by atoms with Crippen molar-refractivity contribution >= 4 is 34.8 Å². The molecule has 4 rings (SSSR count). The number of hydrogen-bond acceptors (Lipinski definition) is 5. The molecule has 2 heterocycles. The first-order chi connectivity index (χ1) is 15.2. The molecule has 2 aromatic carbocycles. The molecular formula is C24H28ClN3O4. The van der Waals surface area contributed by atoms with Gasteiger partial charge in [0.1, 0.15) is 17.0 Å². The van der Waals surface area contributed by atoms with E-state index in [1.54, 1.807) is 31.4 Å². The summed E-state index contributed by atoms with van der Waals surface area (Å²) in [4.78, 5) is 27.1. The van der Waals surface area contributed by atoms with E-state index in [-0.39, 0.29) is 23.8 Å². The molecule has 1 saturated heterocycles. The van der Waals surface area contributed by atoms with Crippen LogP contribution in [0.25, 0.3) is 0 Å². The maximum atomic E-state index is 13.7. The number of anilines is 2. The van der Waals surface area contributed by atoms with Gasteiger partial charge in [-0.2, -0.15) is 0 Å². The van der Waals surface area contributed by atoms with Gasteiger partial charge in [-0.3, -0.25) is 14.9 Å². The van der Waals surface area contributed by atoms with Crippen molar-refractivity contribution in [1.82, 2.24) is 5.32 Å². The van der Waals surface area contributed by atoms with Gasteiger partial charge in [-0.25, -0.2) is 0 Å². The summed E-state index contributed by atoms with van der Waals surface area (Å²) in [5.41, 5.74) is 1.58. The van der Waals surface area contributed by atoms with Crippen LogP contribution < -0.4 is 25.4 Å². The van der Waals surface area contributed by atoms with E-state index in [1.807, 2.05) is 13.0 Å². The SMILES string of the molecule is COc1ccc(OC)c(NC(=O)[C@H]2C[C@H](C(C)C)N[C@]23C(=O)Nc2c(C)cc(Cl)cc23)c1. The molecule has 0 aromatic heterocycles. The van der Waals surface area contributed by atoms with E-state index < -0.39 is 11.5 Å². The van der Waals surface area contributed by atoms with Gasteiger partial charge in [0.05, 0.1) is 25.8 Å². The Morgan fingerprint density at radius 2 is 1.97 bits per heavy atom. The number of nitrogens with one attached hydrogen (secondary N) is 3. The Kier molecular flexibility index (Phi) is 5.81. The highest BCUT2D eigenvalue weighted by Gasteiger charge is 2.60. The average molecular weight is 458 g/mol. The number of ether oxygens (including phenoxy) is 2. The summed E-state index contributed by atoms with van der Waals surface area (Å²) in [6.45, 7) is 6.05. The molecular weight excluding hydrogens is 430 g/mol. The average Bonchev–Trinajstić information content (AvgIpc) is 3.29. The van der Waals surface area contributed by atoms with Crippen LogP contribution in [0.1, 0.15) is 31.4 Å². The van der Waals surface area contributed by atoms with Crippen LogP contribution in [0.5, 0.6) is 11.5 Å². The van der Waals surface area contributed by atoms with Gasteiger partial charge in [-0.1, -0.05) is 25.4 Å². The van der Waals surface area contributed by atoms with Crippen molar-refractivity contribution in [1.29, 1.82) is 0 Å². The molecule has 2 aliphatic heterocycles. The summed E-state index contributed by atoms with van der Waals surface area (Å²) in [5, 5.41) is 10.00. The molecule has 7 nitrogen and oxygen atoms in total. The summed E-state index contributed by atoms with van der Waals surface area (Å²) in [6.07, 6.45) is 0.508. The topological polar surface area (TPSA) is 88.7 Å². The normalized spacial score (nSPS) is 23.9. The standard InChI is InChI=1S/C24H28ClN3O4/c1-12(2)18-11-17(22(29)26-19-10-15(31-4)6-7-20(19)32-5)24(28-18)16-9-14(25)8-13(3)21(16)27-23(24)30/h6-10,12,17-18,28H,11H2,1-5H3,(H,26,29)(H,27,30)/t17-,18-,24+/m1/s1. The molecule has 2 amide bonds. The molecule has 2 aliphatic rings. The lowest BCUT2D eigenvalue weighted by Gasteiger charge is -2.30. The van der Waals surface area contributed by atoms with Gasteiger partial charge >= 0.3 is 0 Å². The first kappa shape index (κ1) is 22.4. The third-order valence-corrected chi connectivity index (χ3v) is 6.75. The highest BCUT2D eigenvalue weighted by atomic mass is 35.5. The van der Waals surface area contributed by atoms with Gasteiger partial charge in [0, 0.05) is 28.4 Å². The monoisotopic (exact) mass is 457 g/mol. The quantitative estimate of drug-likeness (QED) is 0.629. The Labute approximate surface area is 192 Å². The first-order valence-corrected chi connectivity index (χ1v) is 11.0. The summed E-state index contributed by atoms with van der Waals surface area (Å²) in [7, 11) is 3.10. The van der Waals surface area contributed by atoms with E-state index >= 15 is 0 Å². The minimum atomic E-state index is -1.20. The molecule has 32 heavy (non-hydrogen) atoms. The molecule has 8 heteroatoms. The molecule has 2 aromatic rings. The van der Waals surface area contributed by atoms with Crippen molar-refractivity contribution in [3.63, 3.8) is 0 Å². The van der Waals surface area contributed by atoms with Crippen LogP contribution >= 0.6 is 11.6 Å². The smallest absolute Gasteiger partial charge is 0.250 e. The number of methoxy groups -OCH3 is 2. The molecule has 1 fully saturated rings. The van der Waals surface area contributed by atoms with Gasteiger partial charge < -0.3 is 20.1 Å². The van der Waals surface area contributed by atoms with Gasteiger partial charge in [-0.15, -0.1) is 0 Å². The van der Waals surface area contributed by atoms with Crippen LogP contribution in [-0.4, -0.2) is 32.1 Å². The third-order valence-electron chi connectivity index (χ3n) is 6.53. The summed E-state index contributed by atoms with van der Waals surface area (Å²) >= 11 is 6.37. The Morgan fingerprint density at radius 1 is 1.22 bits per heavy atom. The Bertz CT molecular complexity index is 1090. The zero-order chi connectivity index (χ0) is 23.2. The third kappa shape index (κ3) is 3.49. The number of fused-ring (bicyclic) bond motifs is 2. The van der Waals surface area contributed by atoms with Crippen molar-refractivity contribution in [2.75, 3.05) is 24.9 Å². The molecule has 0 aliphatic carbocycles. The van der Waals surface area contributed by atoms with Crippen LogP contribution in [0.3, 0.4) is 0 Å². The number of halogens is 1. The summed E-state index contributed by atoms with van der Waals surface area (Å²) in [6, 6.07) is 8.76. The fourth-order valence-electron chi connectivity index (χ4n) is 4.80. The van der Waals surface area contributed by atoms with Gasteiger partial charge in [0.25, 0.3) is 0 Å². The van der Waals surface area contributed by atoms with E-state index in [0.717, 1.165) is 5.56 Å². The number of amides is 2. The molecule has 0 saturated carbocycles. The number of aryl methyl sites for hydroxylation is 1. The number of carbonyl (C=O) groups is 2. The fourth-order valence-corrected chi connectivity index (χ4v) is 5.07. The van der Waals surface area contributed by atoms with Crippen LogP contribution in [0.4, 0.5) is 11.4 Å². The lowest BCUT2D eigenvalue weighted by molar-refractivity contribution is -0.130. The van der Waals surface area contributed by atoms with Crippen LogP contribution in [0.2, 0.25) is 5.02 Å². The van der Waals surface area contributed by atoms with E-state index in [9.17, 15) is 9.59 Å². The Morgan fingerprint density at radius 3 is 2.62 bits per heavy atom. The molecule has 0 radical (unpaired) electrons. The molecule has 170 valence electrons.